The second-order valence-corrected chi connectivity index (χ2v) is 4.54. The molecule has 0 unspecified atom stereocenters. The summed E-state index contributed by atoms with van der Waals surface area (Å²) in [6.45, 7) is 3.37. The number of nitrogens with zero attached hydrogens (tertiary/aromatic N) is 1. The topological polar surface area (TPSA) is 40.5 Å². The maximum absolute atomic E-state index is 13.5. The van der Waals surface area contributed by atoms with Gasteiger partial charge in [-0.05, 0) is 26.0 Å². The maximum Gasteiger partial charge on any atom is 0.305 e. The monoisotopic (exact) mass is 243 g/mol. The molecular weight excluding hydrogens is 228 g/mol. The zero-order valence-corrected chi connectivity index (χ0v) is 10.00. The fourth-order valence-corrected chi connectivity index (χ4v) is 1.57. The van der Waals surface area contributed by atoms with Gasteiger partial charge in [-0.2, -0.15) is 0 Å². The molecule has 0 amide bonds. The van der Waals surface area contributed by atoms with Gasteiger partial charge in [-0.15, -0.1) is 0 Å². The van der Waals surface area contributed by atoms with Crippen LogP contribution >= 0.6 is 0 Å². The van der Waals surface area contributed by atoms with Gasteiger partial charge in [0.15, 0.2) is 0 Å². The highest BCUT2D eigenvalue weighted by atomic mass is 19.1. The number of anilines is 1. The van der Waals surface area contributed by atoms with Crippen molar-refractivity contribution in [3.05, 3.63) is 29.8 Å². The molecule has 0 heterocycles. The first-order chi connectivity index (χ1) is 7.74. The van der Waals surface area contributed by atoms with Gasteiger partial charge in [0.2, 0.25) is 0 Å². The molecular formula is C12H15F2NO2. The number of aliphatic carboxylic acids is 1. The summed E-state index contributed by atoms with van der Waals surface area (Å²) in [7, 11) is 1.58. The third-order valence-electron chi connectivity index (χ3n) is 2.76. The molecule has 3 nitrogen and oxygen atoms in total. The Bertz CT molecular complexity index is 433. The second kappa shape index (κ2) is 4.69. The Balaban J connectivity index is 3.03. The smallest absolute Gasteiger partial charge is 0.305 e. The van der Waals surface area contributed by atoms with Crippen LogP contribution in [0.5, 0.6) is 0 Å². The molecule has 17 heavy (non-hydrogen) atoms. The van der Waals surface area contributed by atoms with E-state index >= 15 is 0 Å². The van der Waals surface area contributed by atoms with Crippen LogP contribution in [0.2, 0.25) is 0 Å². The predicted octanol–water partition coefficient (Wildman–Crippen LogP) is 2.65. The van der Waals surface area contributed by atoms with E-state index in [1.54, 1.807) is 20.9 Å². The normalized spacial score (nSPS) is 11.4. The number of halogens is 2. The quantitative estimate of drug-likeness (QED) is 0.883. The number of hydrogen-bond acceptors (Lipinski definition) is 2. The molecule has 1 aromatic rings. The van der Waals surface area contributed by atoms with Crippen LogP contribution in [-0.4, -0.2) is 23.7 Å². The largest absolute Gasteiger partial charge is 0.481 e. The Morgan fingerprint density at radius 3 is 2.47 bits per heavy atom. The van der Waals surface area contributed by atoms with E-state index in [1.165, 1.54) is 11.0 Å². The van der Waals surface area contributed by atoms with Gasteiger partial charge in [0.25, 0.3) is 0 Å². The van der Waals surface area contributed by atoms with Gasteiger partial charge in [-0.25, -0.2) is 8.78 Å². The summed E-state index contributed by atoms with van der Waals surface area (Å²) in [6, 6.07) is 3.22. The lowest BCUT2D eigenvalue weighted by Gasteiger charge is -2.36. The number of carboxylic acids is 1. The van der Waals surface area contributed by atoms with Crippen molar-refractivity contribution in [2.45, 2.75) is 25.8 Å². The summed E-state index contributed by atoms with van der Waals surface area (Å²) in [5.41, 5.74) is -0.581. The zero-order valence-electron chi connectivity index (χ0n) is 10.00. The fraction of sp³-hybridized carbons (Fsp3) is 0.417. The van der Waals surface area contributed by atoms with Gasteiger partial charge >= 0.3 is 5.97 Å². The van der Waals surface area contributed by atoms with Crippen LogP contribution in [0.15, 0.2) is 18.2 Å². The number of rotatable bonds is 4. The average Bonchev–Trinajstić information content (AvgIpc) is 2.14. The molecule has 0 aliphatic rings. The van der Waals surface area contributed by atoms with Crippen LogP contribution in [0.3, 0.4) is 0 Å². The van der Waals surface area contributed by atoms with Crippen LogP contribution in [0.1, 0.15) is 20.3 Å². The van der Waals surface area contributed by atoms with E-state index in [2.05, 4.69) is 0 Å². The van der Waals surface area contributed by atoms with Crippen molar-refractivity contribution >= 4 is 11.7 Å². The lowest BCUT2D eigenvalue weighted by molar-refractivity contribution is -0.138. The highest BCUT2D eigenvalue weighted by molar-refractivity contribution is 5.69. The fourth-order valence-electron chi connectivity index (χ4n) is 1.57. The average molecular weight is 243 g/mol. The number of benzene rings is 1. The van der Waals surface area contributed by atoms with Crippen LogP contribution in [0.25, 0.3) is 0 Å². The molecule has 1 aromatic carbocycles. The Labute approximate surface area is 98.7 Å². The maximum atomic E-state index is 13.5. The minimum Gasteiger partial charge on any atom is -0.481 e. The SMILES string of the molecule is CN(c1ccc(F)cc1F)C(C)(C)CC(=O)O. The molecule has 0 aliphatic heterocycles. The highest BCUT2D eigenvalue weighted by Crippen LogP contribution is 2.27. The molecule has 0 bridgehead atoms. The van der Waals surface area contributed by atoms with Crippen molar-refractivity contribution in [1.82, 2.24) is 0 Å². The Morgan fingerprint density at radius 2 is 2.00 bits per heavy atom. The Kier molecular flexibility index (Phi) is 3.70. The zero-order chi connectivity index (χ0) is 13.2. The van der Waals surface area contributed by atoms with Gasteiger partial charge in [-0.3, -0.25) is 4.79 Å². The van der Waals surface area contributed by atoms with Gasteiger partial charge in [0.05, 0.1) is 12.1 Å². The van der Waals surface area contributed by atoms with Crippen LogP contribution in [0, 0.1) is 11.6 Å². The summed E-state index contributed by atoms with van der Waals surface area (Å²) in [4.78, 5) is 12.2. The van der Waals surface area contributed by atoms with Crippen LogP contribution < -0.4 is 4.90 Å². The predicted molar refractivity (Wildman–Crippen MR) is 61.1 cm³/mol. The summed E-state index contributed by atoms with van der Waals surface area (Å²) >= 11 is 0. The molecule has 0 radical (unpaired) electrons. The molecule has 1 rings (SSSR count). The van der Waals surface area contributed by atoms with E-state index in [-0.39, 0.29) is 12.1 Å². The molecule has 1 N–H and O–H groups in total. The third kappa shape index (κ3) is 3.15. The van der Waals surface area contributed by atoms with Gasteiger partial charge in [-0.1, -0.05) is 0 Å². The van der Waals surface area contributed by atoms with Gasteiger partial charge < -0.3 is 10.0 Å². The molecule has 94 valence electrons. The van der Waals surface area contributed by atoms with Crippen LogP contribution in [0.4, 0.5) is 14.5 Å². The molecule has 0 saturated carbocycles. The van der Waals surface area contributed by atoms with Crippen molar-refractivity contribution in [2.24, 2.45) is 0 Å². The van der Waals surface area contributed by atoms with Crippen LogP contribution in [-0.2, 0) is 4.79 Å². The summed E-state index contributed by atoms with van der Waals surface area (Å²) in [5.74, 6) is -2.33. The molecule has 5 heteroatoms. The van der Waals surface area contributed by atoms with E-state index in [4.69, 9.17) is 5.11 Å². The lowest BCUT2D eigenvalue weighted by atomic mass is 9.98. The first-order valence-corrected chi connectivity index (χ1v) is 5.15. The van der Waals surface area contributed by atoms with Crippen molar-refractivity contribution in [3.8, 4) is 0 Å². The van der Waals surface area contributed by atoms with E-state index in [9.17, 15) is 13.6 Å². The summed E-state index contributed by atoms with van der Waals surface area (Å²) in [5, 5.41) is 8.78. The molecule has 0 saturated heterocycles. The number of carbonyl (C=O) groups is 1. The van der Waals surface area contributed by atoms with Gasteiger partial charge in [0, 0.05) is 18.7 Å². The second-order valence-electron chi connectivity index (χ2n) is 4.54. The van der Waals surface area contributed by atoms with Crippen molar-refractivity contribution in [2.75, 3.05) is 11.9 Å². The molecule has 0 spiro atoms. The minimum absolute atomic E-state index is 0.139. The van der Waals surface area contributed by atoms with Gasteiger partial charge in [0.1, 0.15) is 11.6 Å². The molecule has 0 fully saturated rings. The molecule has 0 aliphatic carbocycles. The van der Waals surface area contributed by atoms with Crippen molar-refractivity contribution in [3.63, 3.8) is 0 Å². The van der Waals surface area contributed by atoms with E-state index in [0.717, 1.165) is 12.1 Å². The Morgan fingerprint density at radius 1 is 1.41 bits per heavy atom. The van der Waals surface area contributed by atoms with E-state index in [0.29, 0.717) is 0 Å². The summed E-state index contributed by atoms with van der Waals surface area (Å²) < 4.78 is 26.3. The first kappa shape index (κ1) is 13.4. The third-order valence-corrected chi connectivity index (χ3v) is 2.76. The number of hydrogen-bond donors (Lipinski definition) is 1. The van der Waals surface area contributed by atoms with E-state index < -0.39 is 23.1 Å². The minimum atomic E-state index is -0.968. The lowest BCUT2D eigenvalue weighted by Crippen LogP contribution is -2.43. The number of carboxylic acid groups (broad SMARTS) is 1. The van der Waals surface area contributed by atoms with Crippen molar-refractivity contribution in [1.29, 1.82) is 0 Å². The molecule has 0 aromatic heterocycles. The standard InChI is InChI=1S/C12H15F2NO2/c1-12(2,7-11(16)17)15(3)10-5-4-8(13)6-9(10)14/h4-6H,7H2,1-3H3,(H,16,17). The first-order valence-electron chi connectivity index (χ1n) is 5.15. The Hall–Kier alpha value is -1.65. The van der Waals surface area contributed by atoms with Crippen molar-refractivity contribution < 1.29 is 18.7 Å². The summed E-state index contributed by atoms with van der Waals surface area (Å²) in [6.07, 6.45) is -0.139. The van der Waals surface area contributed by atoms with E-state index in [1.807, 2.05) is 0 Å². The highest BCUT2D eigenvalue weighted by Gasteiger charge is 2.28. The molecule has 0 atom stereocenters.